The summed E-state index contributed by atoms with van der Waals surface area (Å²) in [5.74, 6) is 1.05. The van der Waals surface area contributed by atoms with Crippen molar-refractivity contribution in [2.24, 2.45) is 0 Å². The van der Waals surface area contributed by atoms with Crippen molar-refractivity contribution in [3.05, 3.63) is 24.3 Å². The summed E-state index contributed by atoms with van der Waals surface area (Å²) in [7, 11) is 3.59. The maximum Gasteiger partial charge on any atom is 0.235 e. The number of carbonyl (C=O) groups is 1. The van der Waals surface area contributed by atoms with Crippen LogP contribution in [0.5, 0.6) is 5.75 Å². The molecule has 2 rings (SSSR count). The first kappa shape index (κ1) is 19.1. The molecule has 1 aromatic carbocycles. The van der Waals surface area contributed by atoms with Crippen molar-refractivity contribution in [2.45, 2.75) is 36.0 Å². The van der Waals surface area contributed by atoms with Gasteiger partial charge in [-0.2, -0.15) is 0 Å². The van der Waals surface area contributed by atoms with Crippen LogP contribution in [0.3, 0.4) is 0 Å². The molecule has 1 unspecified atom stereocenters. The van der Waals surface area contributed by atoms with Crippen molar-refractivity contribution >= 4 is 30.1 Å². The zero-order chi connectivity index (χ0) is 15.2. The molecule has 1 amide bonds. The lowest BCUT2D eigenvalue weighted by atomic mass is 10.1. The summed E-state index contributed by atoms with van der Waals surface area (Å²) in [4.78, 5) is 15.6. The number of benzene rings is 1. The van der Waals surface area contributed by atoms with Gasteiger partial charge in [0.05, 0.1) is 12.4 Å². The van der Waals surface area contributed by atoms with Crippen LogP contribution in [0.15, 0.2) is 29.2 Å². The number of hydrogen-bond acceptors (Lipinski definition) is 4. The molecule has 0 saturated carbocycles. The third kappa shape index (κ3) is 5.07. The van der Waals surface area contributed by atoms with E-state index in [4.69, 9.17) is 4.74 Å². The van der Waals surface area contributed by atoms with E-state index in [9.17, 15) is 4.79 Å². The topological polar surface area (TPSA) is 41.6 Å². The Hall–Kier alpha value is -0.910. The van der Waals surface area contributed by atoms with Crippen molar-refractivity contribution in [1.82, 2.24) is 10.2 Å². The molecule has 0 radical (unpaired) electrons. The number of nitrogens with zero attached hydrogens (tertiary/aromatic N) is 1. The summed E-state index contributed by atoms with van der Waals surface area (Å²) < 4.78 is 5.15. The highest BCUT2D eigenvalue weighted by Crippen LogP contribution is 2.27. The second-order valence-corrected chi connectivity index (χ2v) is 6.78. The van der Waals surface area contributed by atoms with E-state index in [1.807, 2.05) is 43.1 Å². The van der Waals surface area contributed by atoms with Crippen LogP contribution < -0.4 is 10.1 Å². The molecule has 6 heteroatoms. The predicted octanol–water partition coefficient (Wildman–Crippen LogP) is 2.81. The molecule has 124 valence electrons. The molecule has 0 aromatic heterocycles. The summed E-state index contributed by atoms with van der Waals surface area (Å²) in [5.41, 5.74) is 0. The molecule has 1 saturated heterocycles. The Kier molecular flexibility index (Phi) is 8.07. The van der Waals surface area contributed by atoms with E-state index in [0.29, 0.717) is 6.04 Å². The number of rotatable bonds is 5. The van der Waals surface area contributed by atoms with Gasteiger partial charge in [0.25, 0.3) is 0 Å². The van der Waals surface area contributed by atoms with E-state index in [1.165, 1.54) is 0 Å². The summed E-state index contributed by atoms with van der Waals surface area (Å²) >= 11 is 1.60. The van der Waals surface area contributed by atoms with Gasteiger partial charge in [0.2, 0.25) is 5.91 Å². The van der Waals surface area contributed by atoms with Gasteiger partial charge in [0.15, 0.2) is 0 Å². The molecule has 1 heterocycles. The quantitative estimate of drug-likeness (QED) is 0.834. The molecule has 4 nitrogen and oxygen atoms in total. The standard InChI is InChI=1S/C16H24N2O2S.ClH/c1-12(21-15-6-4-14(20-3)5-7-15)16(19)18(2)13-8-10-17-11-9-13;/h4-7,12-13,17H,8-11H2,1-3H3;1H. The van der Waals surface area contributed by atoms with Gasteiger partial charge in [-0.25, -0.2) is 0 Å². The molecule has 1 aliphatic rings. The summed E-state index contributed by atoms with van der Waals surface area (Å²) in [5, 5.41) is 3.26. The van der Waals surface area contributed by atoms with Crippen LogP contribution in [0.1, 0.15) is 19.8 Å². The monoisotopic (exact) mass is 344 g/mol. The third-order valence-corrected chi connectivity index (χ3v) is 5.02. The lowest BCUT2D eigenvalue weighted by molar-refractivity contribution is -0.131. The van der Waals surface area contributed by atoms with E-state index in [0.717, 1.165) is 36.6 Å². The van der Waals surface area contributed by atoms with Crippen LogP contribution in [0.25, 0.3) is 0 Å². The van der Waals surface area contributed by atoms with Crippen LogP contribution in [-0.2, 0) is 4.79 Å². The minimum atomic E-state index is -0.0710. The number of hydrogen-bond donors (Lipinski definition) is 1. The number of halogens is 1. The Bertz CT molecular complexity index is 464. The summed E-state index contributed by atoms with van der Waals surface area (Å²) in [6.07, 6.45) is 2.09. The average molecular weight is 345 g/mol. The van der Waals surface area contributed by atoms with Crippen molar-refractivity contribution in [3.63, 3.8) is 0 Å². The van der Waals surface area contributed by atoms with Gasteiger partial charge < -0.3 is 15.0 Å². The number of amides is 1. The Balaban J connectivity index is 0.00000242. The number of ether oxygens (including phenoxy) is 1. The lowest BCUT2D eigenvalue weighted by Crippen LogP contribution is -2.46. The molecule has 1 fully saturated rings. The third-order valence-electron chi connectivity index (χ3n) is 3.92. The first-order valence-corrected chi connectivity index (χ1v) is 8.28. The van der Waals surface area contributed by atoms with Crippen LogP contribution in [-0.4, -0.2) is 49.3 Å². The van der Waals surface area contributed by atoms with Crippen molar-refractivity contribution in [3.8, 4) is 5.75 Å². The molecule has 1 N–H and O–H groups in total. The van der Waals surface area contributed by atoms with Gasteiger partial charge in [0, 0.05) is 18.0 Å². The highest BCUT2D eigenvalue weighted by molar-refractivity contribution is 8.00. The van der Waals surface area contributed by atoms with Crippen LogP contribution in [0.4, 0.5) is 0 Å². The number of nitrogens with one attached hydrogen (secondary N) is 1. The normalized spacial score (nSPS) is 16.5. The Morgan fingerprint density at radius 3 is 2.45 bits per heavy atom. The zero-order valence-electron chi connectivity index (χ0n) is 13.4. The fourth-order valence-electron chi connectivity index (χ4n) is 2.57. The Morgan fingerprint density at radius 2 is 1.91 bits per heavy atom. The van der Waals surface area contributed by atoms with Crippen molar-refractivity contribution in [1.29, 1.82) is 0 Å². The molecular weight excluding hydrogens is 320 g/mol. The van der Waals surface area contributed by atoms with Gasteiger partial charge in [0.1, 0.15) is 5.75 Å². The predicted molar refractivity (Wildman–Crippen MR) is 94.2 cm³/mol. The molecular formula is C16H25ClN2O2S. The fraction of sp³-hybridized carbons (Fsp3) is 0.562. The van der Waals surface area contributed by atoms with Crippen LogP contribution >= 0.6 is 24.2 Å². The second-order valence-electron chi connectivity index (χ2n) is 5.37. The van der Waals surface area contributed by atoms with E-state index in [1.54, 1.807) is 18.9 Å². The Labute approximate surface area is 143 Å². The SMILES string of the molecule is COc1ccc(SC(C)C(=O)N(C)C2CCNCC2)cc1.Cl. The molecule has 22 heavy (non-hydrogen) atoms. The summed E-state index contributed by atoms with van der Waals surface area (Å²) in [6.45, 7) is 3.99. The van der Waals surface area contributed by atoms with E-state index < -0.39 is 0 Å². The van der Waals surface area contributed by atoms with Gasteiger partial charge in [-0.1, -0.05) is 0 Å². The molecule has 0 bridgehead atoms. The van der Waals surface area contributed by atoms with Gasteiger partial charge in [-0.15, -0.1) is 24.2 Å². The fourth-order valence-corrected chi connectivity index (χ4v) is 3.54. The maximum absolute atomic E-state index is 12.5. The lowest BCUT2D eigenvalue weighted by Gasteiger charge is -2.33. The average Bonchev–Trinajstić information content (AvgIpc) is 2.55. The first-order valence-electron chi connectivity index (χ1n) is 7.40. The molecule has 1 aliphatic heterocycles. The minimum Gasteiger partial charge on any atom is -0.497 e. The second kappa shape index (κ2) is 9.28. The van der Waals surface area contributed by atoms with Crippen LogP contribution in [0.2, 0.25) is 0 Å². The van der Waals surface area contributed by atoms with Gasteiger partial charge in [-0.3, -0.25) is 4.79 Å². The highest BCUT2D eigenvalue weighted by atomic mass is 35.5. The van der Waals surface area contributed by atoms with Crippen molar-refractivity contribution < 1.29 is 9.53 Å². The Morgan fingerprint density at radius 1 is 1.32 bits per heavy atom. The largest absolute Gasteiger partial charge is 0.497 e. The molecule has 1 atom stereocenters. The first-order chi connectivity index (χ1) is 10.1. The minimum absolute atomic E-state index is 0. The zero-order valence-corrected chi connectivity index (χ0v) is 15.0. The summed E-state index contributed by atoms with van der Waals surface area (Å²) in [6, 6.07) is 8.22. The number of carbonyl (C=O) groups excluding carboxylic acids is 1. The number of piperidine rings is 1. The van der Waals surface area contributed by atoms with Crippen LogP contribution in [0, 0.1) is 0 Å². The van der Waals surface area contributed by atoms with E-state index >= 15 is 0 Å². The molecule has 1 aromatic rings. The number of methoxy groups -OCH3 is 1. The number of thioether (sulfide) groups is 1. The molecule has 0 aliphatic carbocycles. The molecule has 0 spiro atoms. The smallest absolute Gasteiger partial charge is 0.235 e. The highest BCUT2D eigenvalue weighted by Gasteiger charge is 2.25. The van der Waals surface area contributed by atoms with Gasteiger partial charge in [-0.05, 0) is 57.1 Å². The van der Waals surface area contributed by atoms with E-state index in [2.05, 4.69) is 5.32 Å². The van der Waals surface area contributed by atoms with Gasteiger partial charge >= 0.3 is 0 Å². The van der Waals surface area contributed by atoms with E-state index in [-0.39, 0.29) is 23.6 Å². The van der Waals surface area contributed by atoms with Crippen molar-refractivity contribution in [2.75, 3.05) is 27.2 Å². The maximum atomic E-state index is 12.5.